The number of nitrogens with zero attached hydrogens (tertiary/aromatic N) is 5. The van der Waals surface area contributed by atoms with Crippen LogP contribution in [-0.4, -0.2) is 61.0 Å². The van der Waals surface area contributed by atoms with E-state index >= 15 is 0 Å². The largest absolute Gasteiger partial charge is 0.495 e. The molecule has 1 saturated heterocycles. The average Bonchev–Trinajstić information content (AvgIpc) is 3.35. The number of aliphatic imine (C=N–C) groups is 1. The van der Waals surface area contributed by atoms with Crippen LogP contribution in [0.25, 0.3) is 5.69 Å². The molecule has 7 nitrogen and oxygen atoms in total. The molecule has 0 atom stereocenters. The molecule has 0 spiro atoms. The Morgan fingerprint density at radius 2 is 1.77 bits per heavy atom. The van der Waals surface area contributed by atoms with Gasteiger partial charge >= 0.3 is 0 Å². The number of hydrogen-bond donors (Lipinski definition) is 1. The number of benzene rings is 2. The van der Waals surface area contributed by atoms with Crippen LogP contribution in [0.2, 0.25) is 0 Å². The monoisotopic (exact) mass is 532 g/mol. The first kappa shape index (κ1) is 22.9. The zero-order valence-electron chi connectivity index (χ0n) is 17.9. The lowest BCUT2D eigenvalue weighted by atomic mass is 10.2. The van der Waals surface area contributed by atoms with E-state index in [9.17, 15) is 0 Å². The van der Waals surface area contributed by atoms with Crippen molar-refractivity contribution in [1.82, 2.24) is 20.0 Å². The molecule has 0 unspecified atom stereocenters. The van der Waals surface area contributed by atoms with E-state index in [0.29, 0.717) is 0 Å². The number of ether oxygens (including phenoxy) is 1. The molecule has 1 fully saturated rings. The summed E-state index contributed by atoms with van der Waals surface area (Å²) in [5, 5.41) is 7.76. The Morgan fingerprint density at radius 3 is 2.42 bits per heavy atom. The van der Waals surface area contributed by atoms with Crippen LogP contribution in [0.5, 0.6) is 5.75 Å². The van der Waals surface area contributed by atoms with Crippen LogP contribution in [0.3, 0.4) is 0 Å². The quantitative estimate of drug-likeness (QED) is 0.310. The van der Waals surface area contributed by atoms with E-state index in [1.807, 2.05) is 36.1 Å². The maximum atomic E-state index is 5.52. The van der Waals surface area contributed by atoms with Gasteiger partial charge in [-0.25, -0.2) is 4.68 Å². The summed E-state index contributed by atoms with van der Waals surface area (Å²) in [5.74, 6) is 1.86. The summed E-state index contributed by atoms with van der Waals surface area (Å²) < 4.78 is 7.38. The minimum absolute atomic E-state index is 0. The predicted octanol–water partition coefficient (Wildman–Crippen LogP) is 3.40. The number of nitrogens with one attached hydrogen (secondary N) is 1. The van der Waals surface area contributed by atoms with Gasteiger partial charge in [0.1, 0.15) is 5.75 Å². The molecular formula is C23H29IN6O. The minimum atomic E-state index is 0. The molecule has 3 aromatic rings. The molecule has 0 radical (unpaired) electrons. The van der Waals surface area contributed by atoms with Gasteiger partial charge in [-0.2, -0.15) is 5.10 Å². The molecule has 4 rings (SSSR count). The molecular weight excluding hydrogens is 503 g/mol. The fourth-order valence-corrected chi connectivity index (χ4v) is 3.75. The van der Waals surface area contributed by atoms with Crippen molar-refractivity contribution in [3.63, 3.8) is 0 Å². The fraction of sp³-hybridized carbons (Fsp3) is 0.304. The van der Waals surface area contributed by atoms with Crippen LogP contribution in [0.15, 0.2) is 72.0 Å². The maximum absolute atomic E-state index is 5.52. The van der Waals surface area contributed by atoms with Gasteiger partial charge in [0.15, 0.2) is 5.96 Å². The summed E-state index contributed by atoms with van der Waals surface area (Å²) in [7, 11) is 3.57. The van der Waals surface area contributed by atoms with Crippen molar-refractivity contribution in [2.24, 2.45) is 4.99 Å². The second-order valence-electron chi connectivity index (χ2n) is 7.16. The van der Waals surface area contributed by atoms with Crippen molar-refractivity contribution in [2.75, 3.05) is 45.2 Å². The SMILES string of the molecule is CN=C(NCc1ccc(-n2cccn2)cc1)N1CCN(c2ccccc2OC)CC1.I. The molecule has 1 aromatic heterocycles. The van der Waals surface area contributed by atoms with Gasteiger partial charge < -0.3 is 19.9 Å². The molecule has 31 heavy (non-hydrogen) atoms. The number of rotatable bonds is 5. The molecule has 1 aliphatic rings. The number of guanidine groups is 1. The van der Waals surface area contributed by atoms with Crippen LogP contribution in [-0.2, 0) is 6.54 Å². The van der Waals surface area contributed by atoms with Gasteiger partial charge in [-0.3, -0.25) is 4.99 Å². The molecule has 2 aromatic carbocycles. The molecule has 1 aliphatic heterocycles. The highest BCUT2D eigenvalue weighted by atomic mass is 127. The summed E-state index contributed by atoms with van der Waals surface area (Å²) in [4.78, 5) is 9.17. The lowest BCUT2D eigenvalue weighted by Gasteiger charge is -2.38. The summed E-state index contributed by atoms with van der Waals surface area (Å²) in [5.41, 5.74) is 3.42. The smallest absolute Gasteiger partial charge is 0.194 e. The summed E-state index contributed by atoms with van der Waals surface area (Å²) in [6, 6.07) is 18.5. The topological polar surface area (TPSA) is 57.9 Å². The number of piperazine rings is 1. The molecule has 164 valence electrons. The average molecular weight is 532 g/mol. The fourth-order valence-electron chi connectivity index (χ4n) is 3.75. The second kappa shape index (κ2) is 11.0. The van der Waals surface area contributed by atoms with E-state index < -0.39 is 0 Å². The second-order valence-corrected chi connectivity index (χ2v) is 7.16. The Kier molecular flexibility index (Phi) is 8.16. The van der Waals surface area contributed by atoms with E-state index in [-0.39, 0.29) is 24.0 Å². The number of aromatic nitrogens is 2. The van der Waals surface area contributed by atoms with Crippen molar-refractivity contribution in [3.8, 4) is 11.4 Å². The highest BCUT2D eigenvalue weighted by Crippen LogP contribution is 2.28. The third-order valence-corrected chi connectivity index (χ3v) is 5.37. The number of para-hydroxylation sites is 2. The highest BCUT2D eigenvalue weighted by Gasteiger charge is 2.21. The van der Waals surface area contributed by atoms with Crippen LogP contribution < -0.4 is 15.0 Å². The lowest BCUT2D eigenvalue weighted by Crippen LogP contribution is -2.52. The van der Waals surface area contributed by atoms with Gasteiger partial charge in [0.25, 0.3) is 0 Å². The summed E-state index contributed by atoms with van der Waals surface area (Å²) in [6.45, 7) is 4.42. The van der Waals surface area contributed by atoms with Crippen molar-refractivity contribution >= 4 is 35.6 Å². The molecule has 0 saturated carbocycles. The van der Waals surface area contributed by atoms with Crippen molar-refractivity contribution < 1.29 is 4.74 Å². The third-order valence-electron chi connectivity index (χ3n) is 5.37. The van der Waals surface area contributed by atoms with E-state index in [1.54, 1.807) is 13.3 Å². The molecule has 2 heterocycles. The Morgan fingerprint density at radius 1 is 1.03 bits per heavy atom. The van der Waals surface area contributed by atoms with Gasteiger partial charge in [-0.15, -0.1) is 24.0 Å². The van der Waals surface area contributed by atoms with Gasteiger partial charge in [0.2, 0.25) is 0 Å². The van der Waals surface area contributed by atoms with Gasteiger partial charge in [-0.05, 0) is 35.9 Å². The lowest BCUT2D eigenvalue weighted by molar-refractivity contribution is 0.367. The van der Waals surface area contributed by atoms with Crippen LogP contribution in [0, 0.1) is 0 Å². The van der Waals surface area contributed by atoms with Crippen molar-refractivity contribution in [1.29, 1.82) is 0 Å². The van der Waals surface area contributed by atoms with E-state index in [2.05, 4.69) is 61.6 Å². The number of anilines is 1. The normalized spacial score (nSPS) is 14.2. The molecule has 0 amide bonds. The first-order chi connectivity index (χ1) is 14.8. The number of methoxy groups -OCH3 is 1. The Labute approximate surface area is 200 Å². The Hall–Kier alpha value is -2.75. The third kappa shape index (κ3) is 5.49. The van der Waals surface area contributed by atoms with Crippen LogP contribution in [0.1, 0.15) is 5.56 Å². The first-order valence-electron chi connectivity index (χ1n) is 10.2. The van der Waals surface area contributed by atoms with Gasteiger partial charge in [-0.1, -0.05) is 24.3 Å². The molecule has 0 aliphatic carbocycles. The van der Waals surface area contributed by atoms with E-state index in [4.69, 9.17) is 4.74 Å². The predicted molar refractivity (Wildman–Crippen MR) is 136 cm³/mol. The Bertz CT molecular complexity index is 966. The zero-order valence-corrected chi connectivity index (χ0v) is 20.3. The molecule has 1 N–H and O–H groups in total. The standard InChI is InChI=1S/C23H28N6O.HI/c1-24-23(25-18-19-8-10-20(11-9-19)29-13-5-12-26-29)28-16-14-27(15-17-28)21-6-3-4-7-22(21)30-2;/h3-13H,14-18H2,1-2H3,(H,24,25);1H. The van der Waals surface area contributed by atoms with Crippen LogP contribution >= 0.6 is 24.0 Å². The molecule has 0 bridgehead atoms. The van der Waals surface area contributed by atoms with Crippen LogP contribution in [0.4, 0.5) is 5.69 Å². The minimum Gasteiger partial charge on any atom is -0.495 e. The van der Waals surface area contributed by atoms with Gasteiger partial charge in [0, 0.05) is 52.2 Å². The Balaban J connectivity index is 0.00000272. The highest BCUT2D eigenvalue weighted by molar-refractivity contribution is 14.0. The summed E-state index contributed by atoms with van der Waals surface area (Å²) in [6.07, 6.45) is 3.73. The van der Waals surface area contributed by atoms with E-state index in [0.717, 1.165) is 55.8 Å². The van der Waals surface area contributed by atoms with Crippen molar-refractivity contribution in [2.45, 2.75) is 6.54 Å². The van der Waals surface area contributed by atoms with E-state index in [1.165, 1.54) is 5.56 Å². The summed E-state index contributed by atoms with van der Waals surface area (Å²) >= 11 is 0. The maximum Gasteiger partial charge on any atom is 0.194 e. The first-order valence-corrected chi connectivity index (χ1v) is 10.2. The number of hydrogen-bond acceptors (Lipinski definition) is 4. The number of halogens is 1. The van der Waals surface area contributed by atoms with Crippen molar-refractivity contribution in [3.05, 3.63) is 72.6 Å². The van der Waals surface area contributed by atoms with Gasteiger partial charge in [0.05, 0.1) is 18.5 Å². The zero-order chi connectivity index (χ0) is 20.8. The molecule has 8 heteroatoms.